The van der Waals surface area contributed by atoms with Gasteiger partial charge in [-0.1, -0.05) is 18.2 Å². The number of hydrogen-bond donors (Lipinski definition) is 3. The van der Waals surface area contributed by atoms with Crippen LogP contribution < -0.4 is 15.4 Å². The number of benzene rings is 2. The molecule has 1 saturated heterocycles. The second-order valence-electron chi connectivity index (χ2n) is 7.29. The third kappa shape index (κ3) is 6.02. The molecule has 1 unspecified atom stereocenters. The molecule has 29 heavy (non-hydrogen) atoms. The van der Waals surface area contributed by atoms with Crippen LogP contribution in [0.4, 0.5) is 5.69 Å². The van der Waals surface area contributed by atoms with Crippen molar-refractivity contribution in [2.75, 3.05) is 18.4 Å². The van der Waals surface area contributed by atoms with Gasteiger partial charge < -0.3 is 10.6 Å². The molecular weight excluding hydrogens is 410 g/mol. The Bertz CT molecular complexity index is 929. The lowest BCUT2D eigenvalue weighted by atomic mass is 9.92. The number of carbonyl (C=O) groups excluding carboxylic acids is 1. The lowest BCUT2D eigenvalue weighted by Gasteiger charge is -2.28. The molecule has 0 radical (unpaired) electrons. The van der Waals surface area contributed by atoms with Gasteiger partial charge in [-0.25, -0.2) is 13.1 Å². The maximum Gasteiger partial charge on any atom is 0.255 e. The summed E-state index contributed by atoms with van der Waals surface area (Å²) >= 11 is 0. The van der Waals surface area contributed by atoms with Crippen LogP contribution in [0.5, 0.6) is 0 Å². The fourth-order valence-corrected chi connectivity index (χ4v) is 4.88. The van der Waals surface area contributed by atoms with Gasteiger partial charge in [-0.05, 0) is 81.6 Å². The molecule has 1 aliphatic heterocycles. The van der Waals surface area contributed by atoms with Crippen molar-refractivity contribution in [2.24, 2.45) is 5.92 Å². The Morgan fingerprint density at radius 3 is 2.38 bits per heavy atom. The van der Waals surface area contributed by atoms with Gasteiger partial charge in [0, 0.05) is 17.3 Å². The maximum absolute atomic E-state index is 12.8. The Morgan fingerprint density at radius 2 is 1.76 bits per heavy atom. The van der Waals surface area contributed by atoms with Gasteiger partial charge in [-0.2, -0.15) is 0 Å². The van der Waals surface area contributed by atoms with Crippen molar-refractivity contribution in [2.45, 2.75) is 37.6 Å². The summed E-state index contributed by atoms with van der Waals surface area (Å²) in [7, 11) is -3.61. The molecule has 0 spiro atoms. The number of nitrogens with one attached hydrogen (secondary N) is 3. The molecule has 2 aromatic rings. The summed E-state index contributed by atoms with van der Waals surface area (Å²) in [4.78, 5) is 12.5. The highest BCUT2D eigenvalue weighted by atomic mass is 35.5. The van der Waals surface area contributed by atoms with Crippen LogP contribution in [-0.4, -0.2) is 33.5 Å². The van der Waals surface area contributed by atoms with E-state index in [9.17, 15) is 13.2 Å². The topological polar surface area (TPSA) is 87.3 Å². The number of carbonyl (C=O) groups is 1. The van der Waals surface area contributed by atoms with Crippen molar-refractivity contribution in [3.05, 3.63) is 59.7 Å². The first-order valence-corrected chi connectivity index (χ1v) is 11.1. The molecule has 0 aromatic heterocycles. The van der Waals surface area contributed by atoms with Crippen molar-refractivity contribution >= 4 is 34.0 Å². The van der Waals surface area contributed by atoms with Crippen LogP contribution in [0.15, 0.2) is 53.4 Å². The molecule has 2 aromatic carbocycles. The molecular formula is C21H28ClN3O3S. The van der Waals surface area contributed by atoms with Gasteiger partial charge in [0.25, 0.3) is 5.91 Å². The van der Waals surface area contributed by atoms with E-state index in [1.165, 1.54) is 6.07 Å². The van der Waals surface area contributed by atoms with Gasteiger partial charge in [0.05, 0.1) is 4.90 Å². The van der Waals surface area contributed by atoms with Crippen molar-refractivity contribution in [1.29, 1.82) is 0 Å². The number of amides is 1. The molecule has 1 fully saturated rings. The van der Waals surface area contributed by atoms with Crippen LogP contribution in [-0.2, 0) is 10.0 Å². The molecule has 3 rings (SSSR count). The molecule has 1 atom stereocenters. The van der Waals surface area contributed by atoms with Crippen LogP contribution >= 0.6 is 12.4 Å². The van der Waals surface area contributed by atoms with E-state index in [0.29, 0.717) is 22.7 Å². The smallest absolute Gasteiger partial charge is 0.255 e. The summed E-state index contributed by atoms with van der Waals surface area (Å²) in [5.41, 5.74) is 1.84. The summed E-state index contributed by atoms with van der Waals surface area (Å²) in [5, 5.41) is 6.13. The predicted octanol–water partition coefficient (Wildman–Crippen LogP) is 3.34. The van der Waals surface area contributed by atoms with Gasteiger partial charge >= 0.3 is 0 Å². The van der Waals surface area contributed by atoms with E-state index in [0.717, 1.165) is 25.9 Å². The van der Waals surface area contributed by atoms with Crippen molar-refractivity contribution in [3.63, 3.8) is 0 Å². The SMILES string of the molecule is Cc1cc(S(=O)(=O)NC(C)C2CCNCC2)ccc1NC(=O)c1ccccc1.Cl. The van der Waals surface area contributed by atoms with E-state index in [2.05, 4.69) is 15.4 Å². The van der Waals surface area contributed by atoms with E-state index in [1.807, 2.05) is 13.0 Å². The number of sulfonamides is 1. The maximum atomic E-state index is 12.8. The lowest BCUT2D eigenvalue weighted by Crippen LogP contribution is -2.42. The number of hydrogen-bond acceptors (Lipinski definition) is 4. The summed E-state index contributed by atoms with van der Waals surface area (Å²) in [6, 6.07) is 13.6. The molecule has 0 bridgehead atoms. The van der Waals surface area contributed by atoms with E-state index in [1.54, 1.807) is 43.3 Å². The van der Waals surface area contributed by atoms with Gasteiger partial charge in [-0.15, -0.1) is 12.4 Å². The summed E-state index contributed by atoms with van der Waals surface area (Å²) in [5.74, 6) is 0.110. The zero-order chi connectivity index (χ0) is 20.1. The molecule has 0 aliphatic carbocycles. The summed E-state index contributed by atoms with van der Waals surface area (Å²) in [6.45, 7) is 5.56. The first-order valence-electron chi connectivity index (χ1n) is 9.57. The Labute approximate surface area is 178 Å². The average molecular weight is 438 g/mol. The summed E-state index contributed by atoms with van der Waals surface area (Å²) in [6.07, 6.45) is 1.93. The minimum atomic E-state index is -3.61. The van der Waals surface area contributed by atoms with Crippen LogP contribution in [0.25, 0.3) is 0 Å². The van der Waals surface area contributed by atoms with Crippen molar-refractivity contribution in [3.8, 4) is 0 Å². The fraction of sp³-hybridized carbons (Fsp3) is 0.381. The van der Waals surface area contributed by atoms with Gasteiger partial charge in [0.1, 0.15) is 0 Å². The highest BCUT2D eigenvalue weighted by molar-refractivity contribution is 7.89. The largest absolute Gasteiger partial charge is 0.322 e. The van der Waals surface area contributed by atoms with Gasteiger partial charge in [0.15, 0.2) is 0 Å². The summed E-state index contributed by atoms with van der Waals surface area (Å²) < 4.78 is 28.4. The highest BCUT2D eigenvalue weighted by Crippen LogP contribution is 2.22. The number of halogens is 1. The third-order valence-corrected chi connectivity index (χ3v) is 6.78. The van der Waals surface area contributed by atoms with E-state index in [4.69, 9.17) is 0 Å². The molecule has 1 aliphatic rings. The predicted molar refractivity (Wildman–Crippen MR) is 118 cm³/mol. The Morgan fingerprint density at radius 1 is 1.10 bits per heavy atom. The monoisotopic (exact) mass is 437 g/mol. The third-order valence-electron chi connectivity index (χ3n) is 5.22. The van der Waals surface area contributed by atoms with Crippen LogP contribution in [0.3, 0.4) is 0 Å². The number of rotatable bonds is 6. The minimum Gasteiger partial charge on any atom is -0.322 e. The Balaban J connectivity index is 0.00000300. The van der Waals surface area contributed by atoms with E-state index in [-0.39, 0.29) is 29.3 Å². The quantitative estimate of drug-likeness (QED) is 0.646. The second-order valence-corrected chi connectivity index (χ2v) is 9.01. The van der Waals surface area contributed by atoms with E-state index < -0.39 is 10.0 Å². The lowest BCUT2D eigenvalue weighted by molar-refractivity contribution is 0.102. The zero-order valence-corrected chi connectivity index (χ0v) is 18.3. The number of piperidine rings is 1. The number of anilines is 1. The van der Waals surface area contributed by atoms with E-state index >= 15 is 0 Å². The second kappa shape index (κ2) is 10.2. The molecule has 6 nitrogen and oxygen atoms in total. The van der Waals surface area contributed by atoms with Gasteiger partial charge in [-0.3, -0.25) is 4.79 Å². The Hall–Kier alpha value is -1.93. The fourth-order valence-electron chi connectivity index (χ4n) is 3.48. The molecule has 8 heteroatoms. The van der Waals surface area contributed by atoms with Crippen molar-refractivity contribution in [1.82, 2.24) is 10.0 Å². The highest BCUT2D eigenvalue weighted by Gasteiger charge is 2.25. The normalized spacial score (nSPS) is 15.9. The standard InChI is InChI=1S/C21H27N3O3S.ClH/c1-15-14-19(28(26,27)24-16(2)17-10-12-22-13-11-17)8-9-20(15)23-21(25)18-6-4-3-5-7-18;/h3-9,14,16-17,22,24H,10-13H2,1-2H3,(H,23,25);1H. The molecule has 1 heterocycles. The molecule has 158 valence electrons. The minimum absolute atomic E-state index is 0. The first kappa shape index (κ1) is 23.3. The van der Waals surface area contributed by atoms with Crippen LogP contribution in [0, 0.1) is 12.8 Å². The molecule has 0 saturated carbocycles. The van der Waals surface area contributed by atoms with Crippen molar-refractivity contribution < 1.29 is 13.2 Å². The average Bonchev–Trinajstić information content (AvgIpc) is 2.70. The molecule has 3 N–H and O–H groups in total. The molecule has 1 amide bonds. The van der Waals surface area contributed by atoms with Crippen LogP contribution in [0.2, 0.25) is 0 Å². The van der Waals surface area contributed by atoms with Gasteiger partial charge in [0.2, 0.25) is 10.0 Å². The number of aryl methyl sites for hydroxylation is 1. The van der Waals surface area contributed by atoms with Crippen LogP contribution in [0.1, 0.15) is 35.7 Å². The Kier molecular flexibility index (Phi) is 8.22. The first-order chi connectivity index (χ1) is 13.4. The zero-order valence-electron chi connectivity index (χ0n) is 16.6.